The first-order valence-electron chi connectivity index (χ1n) is 9.25. The third-order valence-corrected chi connectivity index (χ3v) is 5.97. The number of ether oxygens (including phenoxy) is 3. The van der Waals surface area contributed by atoms with Gasteiger partial charge in [-0.25, -0.2) is 0 Å². The molecule has 2 aliphatic rings. The maximum atomic E-state index is 12.4. The Kier molecular flexibility index (Phi) is 7.05. The molecule has 2 aliphatic heterocycles. The minimum atomic E-state index is 0.0531. The van der Waals surface area contributed by atoms with Crippen molar-refractivity contribution in [3.05, 3.63) is 23.8 Å². The summed E-state index contributed by atoms with van der Waals surface area (Å²) in [6, 6.07) is 5.97. The van der Waals surface area contributed by atoms with Crippen molar-refractivity contribution in [2.75, 3.05) is 58.9 Å². The predicted molar refractivity (Wildman–Crippen MR) is 103 cm³/mol. The normalized spacial score (nSPS) is 21.2. The number of methoxy groups -OCH3 is 1. The summed E-state index contributed by atoms with van der Waals surface area (Å²) < 4.78 is 16.5. The largest absolute Gasteiger partial charge is 0.493 e. The van der Waals surface area contributed by atoms with Crippen molar-refractivity contribution in [3.63, 3.8) is 0 Å². The lowest BCUT2D eigenvalue weighted by molar-refractivity contribution is -0.128. The van der Waals surface area contributed by atoms with E-state index in [4.69, 9.17) is 14.2 Å². The zero-order chi connectivity index (χ0) is 18.4. The third kappa shape index (κ3) is 4.64. The quantitative estimate of drug-likeness (QED) is 0.690. The highest BCUT2D eigenvalue weighted by Crippen LogP contribution is 2.41. The van der Waals surface area contributed by atoms with E-state index in [9.17, 15) is 4.79 Å². The van der Waals surface area contributed by atoms with Crippen LogP contribution in [0.4, 0.5) is 0 Å². The predicted octanol–water partition coefficient (Wildman–Crippen LogP) is 2.39. The standard InChI is InChI=1S/C19H28N2O4S/c1-3-25-17-13-15(5-6-16(17)23-2)19-21(18(22)14-26-19)8-4-7-20-9-11-24-12-10-20/h5-6,13,19H,3-4,7-12,14H2,1-2H3. The van der Waals surface area contributed by atoms with Gasteiger partial charge in [-0.3, -0.25) is 9.69 Å². The van der Waals surface area contributed by atoms with Crippen LogP contribution in [0, 0.1) is 0 Å². The minimum Gasteiger partial charge on any atom is -0.493 e. The molecule has 144 valence electrons. The smallest absolute Gasteiger partial charge is 0.233 e. The van der Waals surface area contributed by atoms with Gasteiger partial charge >= 0.3 is 0 Å². The van der Waals surface area contributed by atoms with Gasteiger partial charge in [-0.2, -0.15) is 0 Å². The number of nitrogens with zero attached hydrogens (tertiary/aromatic N) is 2. The van der Waals surface area contributed by atoms with Crippen LogP contribution in [0.2, 0.25) is 0 Å². The molecule has 1 unspecified atom stereocenters. The number of hydrogen-bond acceptors (Lipinski definition) is 6. The number of benzene rings is 1. The average Bonchev–Trinajstić information content (AvgIpc) is 3.03. The number of thioether (sulfide) groups is 1. The molecular weight excluding hydrogens is 352 g/mol. The molecule has 2 heterocycles. The first-order chi connectivity index (χ1) is 12.7. The van der Waals surface area contributed by atoms with Gasteiger partial charge < -0.3 is 19.1 Å². The number of morpholine rings is 1. The zero-order valence-corrected chi connectivity index (χ0v) is 16.4. The molecule has 2 fully saturated rings. The summed E-state index contributed by atoms with van der Waals surface area (Å²) in [6.45, 7) is 7.93. The van der Waals surface area contributed by atoms with E-state index >= 15 is 0 Å². The van der Waals surface area contributed by atoms with Crippen LogP contribution in [0.15, 0.2) is 18.2 Å². The molecule has 7 heteroatoms. The zero-order valence-electron chi connectivity index (χ0n) is 15.6. The second kappa shape index (κ2) is 9.48. The molecule has 0 radical (unpaired) electrons. The molecule has 3 rings (SSSR count). The van der Waals surface area contributed by atoms with Crippen molar-refractivity contribution in [1.82, 2.24) is 9.80 Å². The van der Waals surface area contributed by atoms with Crippen LogP contribution in [-0.2, 0) is 9.53 Å². The number of rotatable bonds is 8. The maximum Gasteiger partial charge on any atom is 0.233 e. The van der Waals surface area contributed by atoms with Gasteiger partial charge in [0.05, 0.1) is 32.7 Å². The fraction of sp³-hybridized carbons (Fsp3) is 0.632. The SMILES string of the molecule is CCOc1cc(C2SCC(=O)N2CCCN2CCOCC2)ccc1OC. The summed E-state index contributed by atoms with van der Waals surface area (Å²) in [6.07, 6.45) is 0.983. The Morgan fingerprint density at radius 1 is 1.23 bits per heavy atom. The van der Waals surface area contributed by atoms with Crippen molar-refractivity contribution in [1.29, 1.82) is 0 Å². The Labute approximate surface area is 159 Å². The highest BCUT2D eigenvalue weighted by Gasteiger charge is 2.33. The van der Waals surface area contributed by atoms with Crippen LogP contribution in [0.1, 0.15) is 24.3 Å². The molecular formula is C19H28N2O4S. The molecule has 0 saturated carbocycles. The van der Waals surface area contributed by atoms with E-state index in [0.717, 1.165) is 62.9 Å². The maximum absolute atomic E-state index is 12.4. The second-order valence-electron chi connectivity index (χ2n) is 6.40. The summed E-state index contributed by atoms with van der Waals surface area (Å²) in [5.41, 5.74) is 1.09. The first kappa shape index (κ1) is 19.3. The monoisotopic (exact) mass is 380 g/mol. The van der Waals surface area contributed by atoms with Gasteiger partial charge in [0.15, 0.2) is 11.5 Å². The van der Waals surface area contributed by atoms with Crippen molar-refractivity contribution in [3.8, 4) is 11.5 Å². The number of carbonyl (C=O) groups is 1. The van der Waals surface area contributed by atoms with Crippen molar-refractivity contribution in [2.45, 2.75) is 18.7 Å². The Morgan fingerprint density at radius 3 is 2.77 bits per heavy atom. The number of carbonyl (C=O) groups excluding carboxylic acids is 1. The Bertz CT molecular complexity index is 607. The first-order valence-corrected chi connectivity index (χ1v) is 10.3. The van der Waals surface area contributed by atoms with Crippen molar-refractivity contribution < 1.29 is 19.0 Å². The van der Waals surface area contributed by atoms with Crippen LogP contribution in [0.25, 0.3) is 0 Å². The summed E-state index contributed by atoms with van der Waals surface area (Å²) in [5, 5.41) is 0.0531. The summed E-state index contributed by atoms with van der Waals surface area (Å²) in [4.78, 5) is 16.8. The Hall–Kier alpha value is -1.44. The summed E-state index contributed by atoms with van der Waals surface area (Å²) in [5.74, 6) is 2.22. The van der Waals surface area contributed by atoms with E-state index in [1.807, 2.05) is 30.0 Å². The molecule has 26 heavy (non-hydrogen) atoms. The van der Waals surface area contributed by atoms with Gasteiger partial charge in [0, 0.05) is 26.2 Å². The third-order valence-electron chi connectivity index (χ3n) is 4.72. The van der Waals surface area contributed by atoms with Crippen LogP contribution in [-0.4, -0.2) is 74.6 Å². The molecule has 6 nitrogen and oxygen atoms in total. The molecule has 0 N–H and O–H groups in total. The van der Waals surface area contributed by atoms with Gasteiger partial charge in [-0.15, -0.1) is 11.8 Å². The second-order valence-corrected chi connectivity index (χ2v) is 7.47. The van der Waals surface area contributed by atoms with Gasteiger partial charge in [-0.05, 0) is 31.0 Å². The van der Waals surface area contributed by atoms with E-state index in [1.54, 1.807) is 18.9 Å². The molecule has 2 saturated heterocycles. The van der Waals surface area contributed by atoms with Gasteiger partial charge in [0.25, 0.3) is 0 Å². The molecule has 0 aliphatic carbocycles. The lowest BCUT2D eigenvalue weighted by Crippen LogP contribution is -2.38. The van der Waals surface area contributed by atoms with Gasteiger partial charge in [0.1, 0.15) is 5.37 Å². The minimum absolute atomic E-state index is 0.0531. The van der Waals surface area contributed by atoms with E-state index in [1.165, 1.54) is 0 Å². The molecule has 1 amide bonds. The van der Waals surface area contributed by atoms with Crippen LogP contribution >= 0.6 is 11.8 Å². The van der Waals surface area contributed by atoms with Crippen LogP contribution in [0.3, 0.4) is 0 Å². The van der Waals surface area contributed by atoms with E-state index < -0.39 is 0 Å². The van der Waals surface area contributed by atoms with E-state index in [0.29, 0.717) is 12.4 Å². The molecule has 1 atom stereocenters. The lowest BCUT2D eigenvalue weighted by Gasteiger charge is -2.29. The summed E-state index contributed by atoms with van der Waals surface area (Å²) >= 11 is 1.68. The van der Waals surface area contributed by atoms with Crippen molar-refractivity contribution in [2.24, 2.45) is 0 Å². The Morgan fingerprint density at radius 2 is 2.04 bits per heavy atom. The van der Waals surface area contributed by atoms with Gasteiger partial charge in [0.2, 0.25) is 5.91 Å². The van der Waals surface area contributed by atoms with Crippen molar-refractivity contribution >= 4 is 17.7 Å². The highest BCUT2D eigenvalue weighted by molar-refractivity contribution is 8.00. The average molecular weight is 381 g/mol. The van der Waals surface area contributed by atoms with E-state index in [-0.39, 0.29) is 11.3 Å². The molecule has 1 aromatic rings. The fourth-order valence-electron chi connectivity index (χ4n) is 3.38. The molecule has 0 spiro atoms. The Balaban J connectivity index is 1.64. The highest BCUT2D eigenvalue weighted by atomic mass is 32.2. The number of hydrogen-bond donors (Lipinski definition) is 0. The molecule has 1 aromatic carbocycles. The van der Waals surface area contributed by atoms with Gasteiger partial charge in [-0.1, -0.05) is 6.07 Å². The van der Waals surface area contributed by atoms with E-state index in [2.05, 4.69) is 4.90 Å². The molecule has 0 bridgehead atoms. The summed E-state index contributed by atoms with van der Waals surface area (Å²) in [7, 11) is 1.64. The fourth-order valence-corrected chi connectivity index (χ4v) is 4.58. The lowest BCUT2D eigenvalue weighted by atomic mass is 10.1. The van der Waals surface area contributed by atoms with Crippen LogP contribution < -0.4 is 9.47 Å². The topological polar surface area (TPSA) is 51.2 Å². The van der Waals surface area contributed by atoms with Crippen LogP contribution in [0.5, 0.6) is 11.5 Å². The number of amides is 1. The molecule has 0 aromatic heterocycles.